The van der Waals surface area contributed by atoms with Crippen molar-refractivity contribution in [3.8, 4) is 0 Å². The van der Waals surface area contributed by atoms with Crippen molar-refractivity contribution in [1.82, 2.24) is 24.6 Å². The minimum absolute atomic E-state index is 0.0582. The molecule has 3 aromatic rings. The molecule has 0 aliphatic heterocycles. The maximum absolute atomic E-state index is 4.61. The highest BCUT2D eigenvalue weighted by atomic mass is 15.3. The Kier molecular flexibility index (Phi) is 3.51. The van der Waals surface area contributed by atoms with Gasteiger partial charge in [0.1, 0.15) is 12.1 Å². The molecule has 0 saturated carbocycles. The predicted octanol–water partition coefficient (Wildman–Crippen LogP) is 2.82. The molecule has 0 bridgehead atoms. The lowest BCUT2D eigenvalue weighted by atomic mass is 10.1. The van der Waals surface area contributed by atoms with Gasteiger partial charge in [0.05, 0.1) is 17.9 Å². The summed E-state index contributed by atoms with van der Waals surface area (Å²) in [6, 6.07) is 5.92. The molecule has 3 heterocycles. The van der Waals surface area contributed by atoms with Gasteiger partial charge in [-0.2, -0.15) is 9.61 Å². The molecule has 108 valence electrons. The maximum Gasteiger partial charge on any atom is 0.157 e. The molecule has 0 aromatic carbocycles. The first-order chi connectivity index (χ1) is 10.1. The number of fused-ring (bicyclic) bond motifs is 1. The van der Waals surface area contributed by atoms with E-state index >= 15 is 0 Å². The molecule has 3 rings (SSSR count). The molecule has 0 unspecified atom stereocenters. The van der Waals surface area contributed by atoms with Gasteiger partial charge in [-0.3, -0.25) is 0 Å². The molecule has 0 aliphatic rings. The molecule has 0 aliphatic carbocycles. The zero-order valence-corrected chi connectivity index (χ0v) is 12.4. The van der Waals surface area contributed by atoms with Crippen LogP contribution in [0.3, 0.4) is 0 Å². The number of hydrogen-bond donors (Lipinski definition) is 1. The summed E-state index contributed by atoms with van der Waals surface area (Å²) in [5.41, 5.74) is 2.83. The topological polar surface area (TPSA) is 68.0 Å². The zero-order valence-electron chi connectivity index (χ0n) is 12.4. The summed E-state index contributed by atoms with van der Waals surface area (Å²) in [4.78, 5) is 12.8. The lowest BCUT2D eigenvalue weighted by molar-refractivity contribution is 0.782. The third kappa shape index (κ3) is 2.69. The Morgan fingerprint density at radius 3 is 2.67 bits per heavy atom. The van der Waals surface area contributed by atoms with Crippen LogP contribution in [0.25, 0.3) is 5.65 Å². The van der Waals surface area contributed by atoms with Crippen LogP contribution in [0, 0.1) is 0 Å². The molecule has 1 atom stereocenters. The van der Waals surface area contributed by atoms with Gasteiger partial charge in [-0.25, -0.2) is 15.0 Å². The minimum Gasteiger partial charge on any atom is -0.362 e. The fourth-order valence-corrected chi connectivity index (χ4v) is 2.18. The van der Waals surface area contributed by atoms with Gasteiger partial charge in [0.2, 0.25) is 0 Å². The van der Waals surface area contributed by atoms with Gasteiger partial charge in [-0.1, -0.05) is 13.8 Å². The number of hydrogen-bond acceptors (Lipinski definition) is 5. The molecule has 0 spiro atoms. The Morgan fingerprint density at radius 1 is 1.10 bits per heavy atom. The highest BCUT2D eigenvalue weighted by molar-refractivity contribution is 5.50. The van der Waals surface area contributed by atoms with Gasteiger partial charge in [0.25, 0.3) is 0 Å². The average Bonchev–Trinajstić information content (AvgIpc) is 2.96. The second kappa shape index (κ2) is 5.47. The van der Waals surface area contributed by atoms with Crippen LogP contribution in [0.1, 0.15) is 44.1 Å². The summed E-state index contributed by atoms with van der Waals surface area (Å²) in [5.74, 6) is 1.28. The molecule has 1 N–H and O–H groups in total. The van der Waals surface area contributed by atoms with Crippen molar-refractivity contribution >= 4 is 11.5 Å². The summed E-state index contributed by atoms with van der Waals surface area (Å²) >= 11 is 0. The minimum atomic E-state index is 0.0582. The van der Waals surface area contributed by atoms with Crippen molar-refractivity contribution in [2.45, 2.75) is 32.7 Å². The molecule has 21 heavy (non-hydrogen) atoms. The van der Waals surface area contributed by atoms with Crippen molar-refractivity contribution in [2.24, 2.45) is 0 Å². The van der Waals surface area contributed by atoms with E-state index in [2.05, 4.69) is 46.1 Å². The average molecular weight is 282 g/mol. The van der Waals surface area contributed by atoms with Crippen LogP contribution in [0.5, 0.6) is 0 Å². The fourth-order valence-electron chi connectivity index (χ4n) is 2.18. The van der Waals surface area contributed by atoms with Crippen molar-refractivity contribution in [2.75, 3.05) is 5.32 Å². The lowest BCUT2D eigenvalue weighted by Crippen LogP contribution is -2.13. The van der Waals surface area contributed by atoms with E-state index in [0.29, 0.717) is 5.92 Å². The first-order valence-corrected chi connectivity index (χ1v) is 7.02. The van der Waals surface area contributed by atoms with Crippen molar-refractivity contribution in [3.63, 3.8) is 0 Å². The second-order valence-electron chi connectivity index (χ2n) is 5.32. The molecule has 3 aromatic heterocycles. The van der Waals surface area contributed by atoms with E-state index in [4.69, 9.17) is 0 Å². The van der Waals surface area contributed by atoms with E-state index in [0.717, 1.165) is 22.9 Å². The SMILES string of the molecule is CC(C)c1cc(N[C@@H](C)c2ccncn2)n2nccc2n1. The van der Waals surface area contributed by atoms with Crippen molar-refractivity contribution < 1.29 is 0 Å². The molecule has 0 amide bonds. The second-order valence-corrected chi connectivity index (χ2v) is 5.32. The van der Waals surface area contributed by atoms with Crippen LogP contribution in [0.2, 0.25) is 0 Å². The normalized spacial score (nSPS) is 12.8. The van der Waals surface area contributed by atoms with Gasteiger partial charge >= 0.3 is 0 Å². The first kappa shape index (κ1) is 13.5. The van der Waals surface area contributed by atoms with Crippen LogP contribution in [-0.2, 0) is 0 Å². The first-order valence-electron chi connectivity index (χ1n) is 7.02. The van der Waals surface area contributed by atoms with E-state index in [1.54, 1.807) is 18.7 Å². The van der Waals surface area contributed by atoms with Gasteiger partial charge in [-0.15, -0.1) is 0 Å². The van der Waals surface area contributed by atoms with Crippen LogP contribution < -0.4 is 5.32 Å². The quantitative estimate of drug-likeness (QED) is 0.797. The van der Waals surface area contributed by atoms with Crippen LogP contribution >= 0.6 is 0 Å². The Bertz CT molecular complexity index is 734. The number of nitrogens with zero attached hydrogens (tertiary/aromatic N) is 5. The van der Waals surface area contributed by atoms with Gasteiger partial charge < -0.3 is 5.32 Å². The van der Waals surface area contributed by atoms with Crippen molar-refractivity contribution in [3.05, 3.63) is 48.3 Å². The highest BCUT2D eigenvalue weighted by Crippen LogP contribution is 2.22. The van der Waals surface area contributed by atoms with E-state index in [1.165, 1.54) is 0 Å². The van der Waals surface area contributed by atoms with E-state index < -0.39 is 0 Å². The largest absolute Gasteiger partial charge is 0.362 e. The number of nitrogens with one attached hydrogen (secondary N) is 1. The molecule has 0 saturated heterocycles. The molecular formula is C15H18N6. The Hall–Kier alpha value is -2.50. The van der Waals surface area contributed by atoms with E-state index in [1.807, 2.05) is 22.7 Å². The molecule has 0 fully saturated rings. The summed E-state index contributed by atoms with van der Waals surface area (Å²) in [6.07, 6.45) is 5.06. The predicted molar refractivity (Wildman–Crippen MR) is 81.1 cm³/mol. The summed E-state index contributed by atoms with van der Waals surface area (Å²) < 4.78 is 1.81. The Morgan fingerprint density at radius 2 is 1.95 bits per heavy atom. The van der Waals surface area contributed by atoms with E-state index in [9.17, 15) is 0 Å². The van der Waals surface area contributed by atoms with Gasteiger partial charge in [0.15, 0.2) is 5.65 Å². The van der Waals surface area contributed by atoms with Crippen LogP contribution in [-0.4, -0.2) is 24.6 Å². The molecule has 6 heteroatoms. The fraction of sp³-hybridized carbons (Fsp3) is 0.333. The number of anilines is 1. The number of rotatable bonds is 4. The monoisotopic (exact) mass is 282 g/mol. The number of aromatic nitrogens is 5. The summed E-state index contributed by atoms with van der Waals surface area (Å²) in [5, 5.41) is 7.78. The molecular weight excluding hydrogens is 264 g/mol. The van der Waals surface area contributed by atoms with E-state index in [-0.39, 0.29) is 6.04 Å². The van der Waals surface area contributed by atoms with Crippen LogP contribution in [0.15, 0.2) is 36.9 Å². The van der Waals surface area contributed by atoms with Gasteiger partial charge in [-0.05, 0) is 18.9 Å². The molecule has 0 radical (unpaired) electrons. The summed E-state index contributed by atoms with van der Waals surface area (Å²) in [6.45, 7) is 6.33. The maximum atomic E-state index is 4.61. The standard InChI is InChI=1S/C15H18N6/c1-10(2)13-8-15(21-14(20-13)5-7-18-21)19-11(3)12-4-6-16-9-17-12/h4-11,19H,1-3H3/t11-/m0/s1. The Balaban J connectivity index is 1.97. The van der Waals surface area contributed by atoms with Crippen LogP contribution in [0.4, 0.5) is 5.82 Å². The lowest BCUT2D eigenvalue weighted by Gasteiger charge is -2.17. The smallest absolute Gasteiger partial charge is 0.157 e. The zero-order chi connectivity index (χ0) is 14.8. The molecule has 6 nitrogen and oxygen atoms in total. The Labute approximate surface area is 123 Å². The third-order valence-corrected chi connectivity index (χ3v) is 3.38. The van der Waals surface area contributed by atoms with Crippen molar-refractivity contribution in [1.29, 1.82) is 0 Å². The summed E-state index contributed by atoms with van der Waals surface area (Å²) in [7, 11) is 0. The van der Waals surface area contributed by atoms with Gasteiger partial charge in [0, 0.05) is 24.0 Å². The highest BCUT2D eigenvalue weighted by Gasteiger charge is 2.12. The third-order valence-electron chi connectivity index (χ3n) is 3.38.